The van der Waals surface area contributed by atoms with Crippen LogP contribution in [0.4, 0.5) is 5.13 Å². The van der Waals surface area contributed by atoms with Crippen molar-refractivity contribution in [2.24, 2.45) is 0 Å². The van der Waals surface area contributed by atoms with E-state index in [-0.39, 0.29) is 5.91 Å². The second-order valence-electron chi connectivity index (χ2n) is 5.08. The van der Waals surface area contributed by atoms with E-state index in [2.05, 4.69) is 15.3 Å². The van der Waals surface area contributed by atoms with Crippen LogP contribution in [-0.4, -0.2) is 30.1 Å². The predicted octanol–water partition coefficient (Wildman–Crippen LogP) is 3.72. The monoisotopic (exact) mass is 343 g/mol. The molecule has 2 heterocycles. The maximum absolute atomic E-state index is 12.5. The van der Waals surface area contributed by atoms with Crippen LogP contribution in [0.25, 0.3) is 11.4 Å². The van der Waals surface area contributed by atoms with Crippen LogP contribution in [0.1, 0.15) is 15.9 Å². The van der Waals surface area contributed by atoms with Gasteiger partial charge in [0.2, 0.25) is 0 Å². The average Bonchev–Trinajstić information content (AvgIpc) is 3.26. The molecule has 0 aliphatic carbocycles. The Morgan fingerprint density at radius 3 is 2.54 bits per heavy atom. The molecular formula is C17H17N3O3S. The number of hydrogen-bond acceptors (Lipinski definition) is 5. The predicted molar refractivity (Wildman–Crippen MR) is 94.1 cm³/mol. The van der Waals surface area contributed by atoms with Crippen LogP contribution < -0.4 is 14.8 Å². The van der Waals surface area contributed by atoms with Gasteiger partial charge in [-0.05, 0) is 31.2 Å². The summed E-state index contributed by atoms with van der Waals surface area (Å²) in [7, 11) is 3.12. The van der Waals surface area contributed by atoms with Crippen molar-refractivity contribution in [1.82, 2.24) is 9.97 Å². The summed E-state index contributed by atoms with van der Waals surface area (Å²) >= 11 is 1.37. The number of aromatic nitrogens is 2. The van der Waals surface area contributed by atoms with E-state index in [4.69, 9.17) is 9.47 Å². The van der Waals surface area contributed by atoms with Crippen molar-refractivity contribution in [3.8, 4) is 22.9 Å². The summed E-state index contributed by atoms with van der Waals surface area (Å²) < 4.78 is 10.6. The van der Waals surface area contributed by atoms with Gasteiger partial charge in [0, 0.05) is 22.7 Å². The normalized spacial score (nSPS) is 10.5. The molecule has 0 atom stereocenters. The summed E-state index contributed by atoms with van der Waals surface area (Å²) in [6.45, 7) is 1.88. The van der Waals surface area contributed by atoms with Gasteiger partial charge in [0.15, 0.2) is 5.13 Å². The van der Waals surface area contributed by atoms with Crippen molar-refractivity contribution in [1.29, 1.82) is 0 Å². The zero-order valence-electron chi connectivity index (χ0n) is 13.5. The highest BCUT2D eigenvalue weighted by Crippen LogP contribution is 2.30. The summed E-state index contributed by atoms with van der Waals surface area (Å²) in [5.74, 6) is 0.940. The minimum Gasteiger partial charge on any atom is -0.496 e. The highest BCUT2D eigenvalue weighted by atomic mass is 32.1. The fourth-order valence-corrected chi connectivity index (χ4v) is 3.04. The van der Waals surface area contributed by atoms with Gasteiger partial charge < -0.3 is 14.5 Å². The van der Waals surface area contributed by atoms with Crippen molar-refractivity contribution in [2.45, 2.75) is 6.92 Å². The number of nitrogens with one attached hydrogen (secondary N) is 2. The van der Waals surface area contributed by atoms with E-state index in [1.807, 2.05) is 30.6 Å². The quantitative estimate of drug-likeness (QED) is 0.740. The van der Waals surface area contributed by atoms with Crippen molar-refractivity contribution in [2.75, 3.05) is 19.5 Å². The Morgan fingerprint density at radius 1 is 1.25 bits per heavy atom. The molecule has 2 N–H and O–H groups in total. The van der Waals surface area contributed by atoms with Gasteiger partial charge in [-0.25, -0.2) is 4.98 Å². The van der Waals surface area contributed by atoms with Crippen LogP contribution in [0.15, 0.2) is 35.8 Å². The average molecular weight is 343 g/mol. The maximum atomic E-state index is 12.5. The number of H-pyrrole nitrogens is 1. The molecule has 0 saturated heterocycles. The van der Waals surface area contributed by atoms with Gasteiger partial charge in [-0.2, -0.15) is 0 Å². The number of aromatic amines is 1. The largest absolute Gasteiger partial charge is 0.496 e. The summed E-state index contributed by atoms with van der Waals surface area (Å²) in [4.78, 5) is 20.0. The fourth-order valence-electron chi connectivity index (χ4n) is 2.33. The second-order valence-corrected chi connectivity index (χ2v) is 5.94. The zero-order chi connectivity index (χ0) is 17.1. The van der Waals surface area contributed by atoms with E-state index in [1.165, 1.54) is 11.3 Å². The van der Waals surface area contributed by atoms with Crippen LogP contribution in [0.5, 0.6) is 11.5 Å². The number of carbonyl (C=O) groups is 1. The Balaban J connectivity index is 1.82. The van der Waals surface area contributed by atoms with Crippen LogP contribution in [0.3, 0.4) is 0 Å². The molecule has 1 aromatic carbocycles. The molecule has 7 heteroatoms. The van der Waals surface area contributed by atoms with Crippen molar-refractivity contribution in [3.63, 3.8) is 0 Å². The van der Waals surface area contributed by atoms with Gasteiger partial charge in [0.25, 0.3) is 5.91 Å². The number of hydrogen-bond donors (Lipinski definition) is 2. The molecule has 0 fully saturated rings. The Hall–Kier alpha value is -2.80. The standard InChI is InChI=1S/C17H17N3O3S/c1-10-14(22-2)7-11(8-15(10)23-3)16(21)20-17-19-13(9-24-17)12-5-4-6-18-12/h4-9,18H,1-3H3,(H,19,20,21). The van der Waals surface area contributed by atoms with E-state index in [9.17, 15) is 4.79 Å². The topological polar surface area (TPSA) is 76.2 Å². The summed E-state index contributed by atoms with van der Waals surface area (Å²) in [5.41, 5.74) is 3.00. The number of rotatable bonds is 5. The first kappa shape index (κ1) is 16.1. The van der Waals surface area contributed by atoms with Crippen molar-refractivity contribution >= 4 is 22.4 Å². The Labute approximate surface area is 143 Å². The van der Waals surface area contributed by atoms with Crippen molar-refractivity contribution < 1.29 is 14.3 Å². The van der Waals surface area contributed by atoms with Gasteiger partial charge in [-0.15, -0.1) is 11.3 Å². The van der Waals surface area contributed by atoms with Gasteiger partial charge in [0.05, 0.1) is 25.6 Å². The number of carbonyl (C=O) groups excluding carboxylic acids is 1. The highest BCUT2D eigenvalue weighted by molar-refractivity contribution is 7.14. The smallest absolute Gasteiger partial charge is 0.257 e. The molecule has 0 aliphatic heterocycles. The van der Waals surface area contributed by atoms with Gasteiger partial charge in [-0.1, -0.05) is 0 Å². The molecule has 0 bridgehead atoms. The lowest BCUT2D eigenvalue weighted by Crippen LogP contribution is -2.12. The summed E-state index contributed by atoms with van der Waals surface area (Å²) in [6, 6.07) is 7.20. The summed E-state index contributed by atoms with van der Waals surface area (Å²) in [5, 5.41) is 5.22. The van der Waals surface area contributed by atoms with Crippen molar-refractivity contribution in [3.05, 3.63) is 47.0 Å². The number of nitrogens with zero attached hydrogens (tertiary/aromatic N) is 1. The molecule has 1 amide bonds. The van der Waals surface area contributed by atoms with Crippen LogP contribution >= 0.6 is 11.3 Å². The third kappa shape index (κ3) is 3.11. The molecule has 3 rings (SSSR count). The lowest BCUT2D eigenvalue weighted by molar-refractivity contribution is 0.102. The Morgan fingerprint density at radius 2 is 1.96 bits per heavy atom. The number of ether oxygens (including phenoxy) is 2. The van der Waals surface area contributed by atoms with Crippen LogP contribution in [0, 0.1) is 6.92 Å². The first-order valence-corrected chi connectivity index (χ1v) is 8.13. The molecule has 24 heavy (non-hydrogen) atoms. The number of methoxy groups -OCH3 is 2. The van der Waals surface area contributed by atoms with E-state index in [0.29, 0.717) is 22.2 Å². The fraction of sp³-hybridized carbons (Fsp3) is 0.176. The molecule has 2 aromatic heterocycles. The van der Waals surface area contributed by atoms with Crippen LogP contribution in [0.2, 0.25) is 0 Å². The first-order chi connectivity index (χ1) is 11.6. The molecular weight excluding hydrogens is 326 g/mol. The third-order valence-electron chi connectivity index (χ3n) is 3.61. The number of benzene rings is 1. The number of thiazole rings is 1. The minimum atomic E-state index is -0.265. The molecule has 0 saturated carbocycles. The van der Waals surface area contributed by atoms with Gasteiger partial charge in [-0.3, -0.25) is 10.1 Å². The maximum Gasteiger partial charge on any atom is 0.257 e. The van der Waals surface area contributed by atoms with Crippen LogP contribution in [-0.2, 0) is 0 Å². The van der Waals surface area contributed by atoms with Gasteiger partial charge in [0.1, 0.15) is 11.5 Å². The van der Waals surface area contributed by atoms with E-state index in [0.717, 1.165) is 17.0 Å². The molecule has 6 nitrogen and oxygen atoms in total. The Bertz CT molecular complexity index is 831. The molecule has 3 aromatic rings. The van der Waals surface area contributed by atoms with E-state index < -0.39 is 0 Å². The number of amides is 1. The zero-order valence-corrected chi connectivity index (χ0v) is 14.4. The first-order valence-electron chi connectivity index (χ1n) is 7.25. The summed E-state index contributed by atoms with van der Waals surface area (Å²) in [6.07, 6.45) is 1.83. The molecule has 0 aliphatic rings. The second kappa shape index (κ2) is 6.76. The molecule has 0 spiro atoms. The SMILES string of the molecule is COc1cc(C(=O)Nc2nc(-c3ccc[nH]3)cs2)cc(OC)c1C. The minimum absolute atomic E-state index is 0.265. The molecule has 0 unspecified atom stereocenters. The molecule has 0 radical (unpaired) electrons. The lowest BCUT2D eigenvalue weighted by Gasteiger charge is -2.12. The van der Waals surface area contributed by atoms with Gasteiger partial charge >= 0.3 is 0 Å². The third-order valence-corrected chi connectivity index (χ3v) is 4.37. The highest BCUT2D eigenvalue weighted by Gasteiger charge is 2.15. The van der Waals surface area contributed by atoms with E-state index in [1.54, 1.807) is 26.4 Å². The number of anilines is 1. The molecule has 124 valence electrons. The Kier molecular flexibility index (Phi) is 4.52. The lowest BCUT2D eigenvalue weighted by atomic mass is 10.1. The van der Waals surface area contributed by atoms with E-state index >= 15 is 0 Å².